The molecule has 1 aliphatic heterocycles. The van der Waals surface area contributed by atoms with Crippen LogP contribution in [-0.2, 0) is 0 Å². The van der Waals surface area contributed by atoms with E-state index in [1.54, 1.807) is 12.1 Å². The molecule has 4 rings (SSSR count). The maximum absolute atomic E-state index is 9.93. The summed E-state index contributed by atoms with van der Waals surface area (Å²) in [6, 6.07) is 18.9. The van der Waals surface area contributed by atoms with Crippen molar-refractivity contribution in [1.82, 2.24) is 4.90 Å². The van der Waals surface area contributed by atoms with Crippen molar-refractivity contribution in [2.45, 2.75) is 51.0 Å². The highest BCUT2D eigenvalue weighted by molar-refractivity contribution is 5.92. The normalized spacial score (nSPS) is 18.3. The Bertz CT molecular complexity index is 1040. The van der Waals surface area contributed by atoms with Crippen LogP contribution in [0.3, 0.4) is 0 Å². The molecule has 0 amide bonds. The second-order valence-corrected chi connectivity index (χ2v) is 9.73. The van der Waals surface area contributed by atoms with Gasteiger partial charge in [0.15, 0.2) is 0 Å². The lowest BCUT2D eigenvalue weighted by Gasteiger charge is -2.26. The molecule has 0 aromatic heterocycles. The number of hydrogen-bond donors (Lipinski definition) is 2. The van der Waals surface area contributed by atoms with Crippen LogP contribution < -0.4 is 0 Å². The molecule has 184 valence electrons. The average molecular weight is 470 g/mol. The van der Waals surface area contributed by atoms with E-state index in [1.807, 2.05) is 24.3 Å². The van der Waals surface area contributed by atoms with E-state index in [4.69, 9.17) is 0 Å². The van der Waals surface area contributed by atoms with E-state index < -0.39 is 0 Å². The summed E-state index contributed by atoms with van der Waals surface area (Å²) >= 11 is 0. The maximum Gasteiger partial charge on any atom is 0.115 e. The van der Waals surface area contributed by atoms with Gasteiger partial charge in [0.25, 0.3) is 0 Å². The van der Waals surface area contributed by atoms with Gasteiger partial charge in [0.1, 0.15) is 5.75 Å². The lowest BCUT2D eigenvalue weighted by atomic mass is 9.82. The van der Waals surface area contributed by atoms with Gasteiger partial charge < -0.3 is 10.2 Å². The van der Waals surface area contributed by atoms with Gasteiger partial charge >= 0.3 is 0 Å². The number of phenols is 1. The molecule has 3 heteroatoms. The minimum Gasteiger partial charge on any atom is -0.508 e. The molecule has 0 spiro atoms. The molecule has 3 nitrogen and oxygen atoms in total. The Balaban J connectivity index is 1.66. The van der Waals surface area contributed by atoms with Crippen molar-refractivity contribution in [2.24, 2.45) is 5.92 Å². The molecular weight excluding hydrogens is 430 g/mol. The van der Waals surface area contributed by atoms with Gasteiger partial charge in [-0.3, -0.25) is 4.90 Å². The fourth-order valence-corrected chi connectivity index (χ4v) is 5.12. The van der Waals surface area contributed by atoms with Gasteiger partial charge in [-0.25, -0.2) is 0 Å². The third kappa shape index (κ3) is 7.06. The smallest absolute Gasteiger partial charge is 0.115 e. The first-order valence-electron chi connectivity index (χ1n) is 13.1. The highest BCUT2D eigenvalue weighted by atomic mass is 16.3. The first-order valence-corrected chi connectivity index (χ1v) is 13.1. The molecule has 0 saturated heterocycles. The predicted octanol–water partition coefficient (Wildman–Crippen LogP) is 7.01. The number of nitrogens with zero attached hydrogens (tertiary/aromatic N) is 1. The summed E-state index contributed by atoms with van der Waals surface area (Å²) in [7, 11) is 0. The standard InChI is InChI=1S/C32H39NO2/c1-2-8-27(12-6-9-25-20-22-33(23-21-25)29-16-17-29)32(28-14-18-30(35)19-15-28)31(13-7-24-34)26-10-4-3-5-11-26/h2-6,10-12,14-15,18-20,27,29,34-35H,1,7-9,13,16-17,21-24H2/b12-6-,32-31+. The van der Waals surface area contributed by atoms with E-state index >= 15 is 0 Å². The number of aliphatic hydroxyl groups is 1. The van der Waals surface area contributed by atoms with E-state index in [0.29, 0.717) is 6.42 Å². The Morgan fingerprint density at radius 3 is 2.46 bits per heavy atom. The van der Waals surface area contributed by atoms with Crippen LogP contribution in [0.25, 0.3) is 11.1 Å². The quantitative estimate of drug-likeness (QED) is 0.260. The summed E-state index contributed by atoms with van der Waals surface area (Å²) < 4.78 is 0. The van der Waals surface area contributed by atoms with Crippen LogP contribution in [0.1, 0.15) is 56.1 Å². The van der Waals surface area contributed by atoms with Crippen LogP contribution in [0.4, 0.5) is 0 Å². The summed E-state index contributed by atoms with van der Waals surface area (Å²) in [6.07, 6.45) is 16.3. The average Bonchev–Trinajstić information content (AvgIpc) is 3.74. The number of phenolic OH excluding ortho intramolecular Hbond substituents is 1. The van der Waals surface area contributed by atoms with Crippen LogP contribution in [0, 0.1) is 5.92 Å². The Labute approximate surface area is 210 Å². The monoisotopic (exact) mass is 469 g/mol. The van der Waals surface area contributed by atoms with Gasteiger partial charge in [-0.1, -0.05) is 72.3 Å². The molecule has 35 heavy (non-hydrogen) atoms. The molecule has 2 N–H and O–H groups in total. The molecule has 0 bridgehead atoms. The number of hydrogen-bond acceptors (Lipinski definition) is 3. The summed E-state index contributed by atoms with van der Waals surface area (Å²) in [4.78, 5) is 2.62. The Kier molecular flexibility index (Phi) is 9.16. The third-order valence-corrected chi connectivity index (χ3v) is 7.15. The summed E-state index contributed by atoms with van der Waals surface area (Å²) in [5.41, 5.74) is 6.32. The molecule has 0 radical (unpaired) electrons. The Morgan fingerprint density at radius 1 is 1.06 bits per heavy atom. The Morgan fingerprint density at radius 2 is 1.83 bits per heavy atom. The maximum atomic E-state index is 9.93. The second kappa shape index (κ2) is 12.7. The van der Waals surface area contributed by atoms with Crippen molar-refractivity contribution in [3.05, 3.63) is 102 Å². The lowest BCUT2D eigenvalue weighted by molar-refractivity contribution is 0.283. The SMILES string of the molecule is C=CCC(/C=C\CC1=CCN(C2CC2)CC1)/C(=C(/CCCO)c1ccccc1)c1ccc(O)cc1. The van der Waals surface area contributed by atoms with Crippen LogP contribution in [-0.4, -0.2) is 40.9 Å². The molecule has 1 saturated carbocycles. The van der Waals surface area contributed by atoms with Gasteiger partial charge in [0, 0.05) is 31.7 Å². The van der Waals surface area contributed by atoms with Crippen molar-refractivity contribution in [3.63, 3.8) is 0 Å². The van der Waals surface area contributed by atoms with E-state index in [1.165, 1.54) is 48.1 Å². The third-order valence-electron chi connectivity index (χ3n) is 7.15. The molecule has 1 fully saturated rings. The van der Waals surface area contributed by atoms with E-state index in [-0.39, 0.29) is 18.3 Å². The molecule has 2 aliphatic rings. The highest BCUT2D eigenvalue weighted by Crippen LogP contribution is 2.38. The van der Waals surface area contributed by atoms with Crippen LogP contribution >= 0.6 is 0 Å². The highest BCUT2D eigenvalue weighted by Gasteiger charge is 2.29. The number of rotatable bonds is 12. The van der Waals surface area contributed by atoms with Gasteiger partial charge in [0.2, 0.25) is 0 Å². The fourth-order valence-electron chi connectivity index (χ4n) is 5.12. The Hall–Kier alpha value is -2.88. The number of aromatic hydroxyl groups is 1. The van der Waals surface area contributed by atoms with Gasteiger partial charge in [-0.05, 0) is 79.4 Å². The lowest BCUT2D eigenvalue weighted by Crippen LogP contribution is -2.30. The van der Waals surface area contributed by atoms with E-state index in [2.05, 4.69) is 54.0 Å². The van der Waals surface area contributed by atoms with Crippen molar-refractivity contribution in [3.8, 4) is 5.75 Å². The molecular formula is C32H39NO2. The minimum absolute atomic E-state index is 0.160. The molecule has 1 aliphatic carbocycles. The largest absolute Gasteiger partial charge is 0.508 e. The van der Waals surface area contributed by atoms with Gasteiger partial charge in [-0.2, -0.15) is 0 Å². The summed E-state index contributed by atoms with van der Waals surface area (Å²) in [5, 5.41) is 19.6. The minimum atomic E-state index is 0.160. The van der Waals surface area contributed by atoms with Gasteiger partial charge in [0.05, 0.1) is 0 Å². The molecule has 1 atom stereocenters. The summed E-state index contributed by atoms with van der Waals surface area (Å²) in [6.45, 7) is 6.51. The van der Waals surface area contributed by atoms with E-state index in [9.17, 15) is 10.2 Å². The number of allylic oxidation sites excluding steroid dienone is 5. The molecule has 1 unspecified atom stereocenters. The zero-order valence-corrected chi connectivity index (χ0v) is 20.8. The summed E-state index contributed by atoms with van der Waals surface area (Å²) in [5.74, 6) is 0.433. The number of benzene rings is 2. The zero-order chi connectivity index (χ0) is 24.5. The topological polar surface area (TPSA) is 43.7 Å². The molecule has 2 aromatic rings. The van der Waals surface area contributed by atoms with Crippen molar-refractivity contribution in [2.75, 3.05) is 19.7 Å². The van der Waals surface area contributed by atoms with Crippen LogP contribution in [0.2, 0.25) is 0 Å². The molecule has 2 aromatic carbocycles. The fraction of sp³-hybridized carbons (Fsp3) is 0.375. The van der Waals surface area contributed by atoms with Crippen molar-refractivity contribution < 1.29 is 10.2 Å². The van der Waals surface area contributed by atoms with Crippen LogP contribution in [0.5, 0.6) is 5.75 Å². The second-order valence-electron chi connectivity index (χ2n) is 9.73. The van der Waals surface area contributed by atoms with E-state index in [0.717, 1.165) is 37.4 Å². The van der Waals surface area contributed by atoms with Gasteiger partial charge in [-0.15, -0.1) is 6.58 Å². The predicted molar refractivity (Wildman–Crippen MR) is 147 cm³/mol. The zero-order valence-electron chi connectivity index (χ0n) is 20.8. The number of aliphatic hydroxyl groups excluding tert-OH is 1. The first kappa shape index (κ1) is 25.2. The van der Waals surface area contributed by atoms with Crippen LogP contribution in [0.15, 0.2) is 91.1 Å². The van der Waals surface area contributed by atoms with Crippen molar-refractivity contribution in [1.29, 1.82) is 0 Å². The first-order chi connectivity index (χ1) is 17.2. The molecule has 1 heterocycles. The van der Waals surface area contributed by atoms with Crippen molar-refractivity contribution >= 4 is 11.1 Å².